The van der Waals surface area contributed by atoms with E-state index in [-0.39, 0.29) is 5.76 Å². The number of hydrogen-bond acceptors (Lipinski definition) is 4. The zero-order valence-corrected chi connectivity index (χ0v) is 9.54. The zero-order chi connectivity index (χ0) is 12.4. The topological polar surface area (TPSA) is 66.6 Å². The van der Waals surface area contributed by atoms with Crippen molar-refractivity contribution in [2.24, 2.45) is 0 Å². The number of benzene rings is 1. The molecule has 0 aliphatic rings. The highest BCUT2D eigenvalue weighted by Gasteiger charge is 2.15. The molecule has 0 bridgehead atoms. The summed E-state index contributed by atoms with van der Waals surface area (Å²) in [6.45, 7) is 0. The fraction of sp³-hybridized carbons (Fsp3) is 0.167. The fourth-order valence-electron chi connectivity index (χ4n) is 1.58. The molecule has 1 aromatic heterocycles. The Morgan fingerprint density at radius 1 is 1.35 bits per heavy atom. The maximum absolute atomic E-state index is 10.7. The minimum absolute atomic E-state index is 0.159. The van der Waals surface area contributed by atoms with Crippen molar-refractivity contribution < 1.29 is 14.4 Å². The van der Waals surface area contributed by atoms with Crippen molar-refractivity contribution in [1.29, 1.82) is 0 Å². The van der Waals surface area contributed by atoms with Crippen LogP contribution in [-0.2, 0) is 0 Å². The third kappa shape index (κ3) is 2.13. The quantitative estimate of drug-likeness (QED) is 0.877. The third-order valence-corrected chi connectivity index (χ3v) is 2.38. The molecule has 0 aliphatic heterocycles. The first-order chi connectivity index (χ1) is 8.09. The Labute approximate surface area is 98.3 Å². The highest BCUT2D eigenvalue weighted by Crippen LogP contribution is 2.28. The van der Waals surface area contributed by atoms with Gasteiger partial charge in [0.25, 0.3) is 0 Å². The Hall–Kier alpha value is -2.30. The monoisotopic (exact) mass is 232 g/mol. The summed E-state index contributed by atoms with van der Waals surface area (Å²) < 4.78 is 4.75. The van der Waals surface area contributed by atoms with Gasteiger partial charge in [0.15, 0.2) is 0 Å². The van der Waals surface area contributed by atoms with Crippen LogP contribution in [0.2, 0.25) is 0 Å². The molecule has 17 heavy (non-hydrogen) atoms. The molecule has 1 aromatic carbocycles. The lowest BCUT2D eigenvalue weighted by Crippen LogP contribution is -2.09. The summed E-state index contributed by atoms with van der Waals surface area (Å²) in [5.41, 5.74) is 2.32. The Morgan fingerprint density at radius 2 is 2.06 bits per heavy atom. The molecule has 0 spiro atoms. The van der Waals surface area contributed by atoms with Gasteiger partial charge in [-0.1, -0.05) is 23.4 Å². The van der Waals surface area contributed by atoms with E-state index in [9.17, 15) is 4.79 Å². The minimum atomic E-state index is -1.12. The number of nitrogens with zero attached hydrogens (tertiary/aromatic N) is 2. The van der Waals surface area contributed by atoms with Crippen molar-refractivity contribution in [3.05, 3.63) is 36.1 Å². The van der Waals surface area contributed by atoms with Gasteiger partial charge in [-0.25, -0.2) is 4.79 Å². The van der Waals surface area contributed by atoms with Gasteiger partial charge in [-0.05, 0) is 6.07 Å². The van der Waals surface area contributed by atoms with E-state index in [1.165, 1.54) is 6.07 Å². The number of carbonyl (C=O) groups is 1. The fourth-order valence-corrected chi connectivity index (χ4v) is 1.58. The second-order valence-corrected chi connectivity index (χ2v) is 3.79. The molecule has 0 fully saturated rings. The molecule has 88 valence electrons. The molecule has 0 radical (unpaired) electrons. The molecule has 1 heterocycles. The first-order valence-electron chi connectivity index (χ1n) is 5.06. The molecule has 2 aromatic rings. The lowest BCUT2D eigenvalue weighted by Gasteiger charge is -2.15. The van der Waals surface area contributed by atoms with Crippen LogP contribution in [0.3, 0.4) is 0 Å². The number of para-hydroxylation sites is 1. The van der Waals surface area contributed by atoms with Crippen molar-refractivity contribution in [1.82, 2.24) is 5.16 Å². The van der Waals surface area contributed by atoms with Gasteiger partial charge in [0.1, 0.15) is 5.69 Å². The van der Waals surface area contributed by atoms with Gasteiger partial charge < -0.3 is 14.5 Å². The molecule has 5 nitrogen and oxygen atoms in total. The average molecular weight is 232 g/mol. The minimum Gasteiger partial charge on any atom is -0.475 e. The smallest absolute Gasteiger partial charge is 0.374 e. The number of carboxylic acid groups (broad SMARTS) is 1. The van der Waals surface area contributed by atoms with Crippen molar-refractivity contribution >= 4 is 11.7 Å². The van der Waals surface area contributed by atoms with E-state index in [0.717, 1.165) is 11.3 Å². The number of rotatable bonds is 3. The standard InChI is InChI=1S/C12H12N2O3/c1-14(2)10-6-4-3-5-8(10)9-7-11(12(15)16)17-13-9/h3-7H,1-2H3,(H,15,16). The first kappa shape index (κ1) is 11.2. The predicted octanol–water partition coefficient (Wildman–Crippen LogP) is 2.11. The number of carboxylic acids is 1. The largest absolute Gasteiger partial charge is 0.475 e. The van der Waals surface area contributed by atoms with Crippen LogP contribution in [0.25, 0.3) is 11.3 Å². The van der Waals surface area contributed by atoms with Crippen LogP contribution in [0.4, 0.5) is 5.69 Å². The second kappa shape index (κ2) is 4.29. The number of anilines is 1. The lowest BCUT2D eigenvalue weighted by atomic mass is 10.1. The predicted molar refractivity (Wildman–Crippen MR) is 63.2 cm³/mol. The van der Waals surface area contributed by atoms with Gasteiger partial charge in [0.2, 0.25) is 5.76 Å². The van der Waals surface area contributed by atoms with Crippen LogP contribution in [0, 0.1) is 0 Å². The Bertz CT molecular complexity index is 546. The summed E-state index contributed by atoms with van der Waals surface area (Å²) in [5, 5.41) is 12.5. The maximum atomic E-state index is 10.7. The maximum Gasteiger partial charge on any atom is 0.374 e. The Kier molecular flexibility index (Phi) is 2.82. The molecule has 0 saturated carbocycles. The molecule has 0 saturated heterocycles. The van der Waals surface area contributed by atoms with Crippen molar-refractivity contribution in [3.8, 4) is 11.3 Å². The summed E-state index contributed by atoms with van der Waals surface area (Å²) in [6.07, 6.45) is 0. The van der Waals surface area contributed by atoms with Gasteiger partial charge in [-0.2, -0.15) is 0 Å². The molecule has 2 rings (SSSR count). The van der Waals surface area contributed by atoms with Crippen LogP contribution in [-0.4, -0.2) is 30.3 Å². The number of aromatic carboxylic acids is 1. The summed E-state index contributed by atoms with van der Waals surface area (Å²) >= 11 is 0. The second-order valence-electron chi connectivity index (χ2n) is 3.79. The van der Waals surface area contributed by atoms with Gasteiger partial charge in [-0.3, -0.25) is 0 Å². The van der Waals surface area contributed by atoms with Crippen LogP contribution in [0.5, 0.6) is 0 Å². The van der Waals surface area contributed by atoms with E-state index in [4.69, 9.17) is 9.63 Å². The van der Waals surface area contributed by atoms with Crippen molar-refractivity contribution in [2.45, 2.75) is 0 Å². The molecular formula is C12H12N2O3. The van der Waals surface area contributed by atoms with Crippen LogP contribution < -0.4 is 4.90 Å². The van der Waals surface area contributed by atoms with E-state index in [2.05, 4.69) is 5.16 Å². The SMILES string of the molecule is CN(C)c1ccccc1-c1cc(C(=O)O)on1. The van der Waals surface area contributed by atoms with Gasteiger partial charge >= 0.3 is 5.97 Å². The van der Waals surface area contributed by atoms with Gasteiger partial charge in [0, 0.05) is 31.4 Å². The summed E-state index contributed by atoms with van der Waals surface area (Å²) in [5.74, 6) is -1.28. The van der Waals surface area contributed by atoms with E-state index < -0.39 is 5.97 Å². The Balaban J connectivity index is 2.48. The van der Waals surface area contributed by atoms with Gasteiger partial charge in [0.05, 0.1) is 0 Å². The average Bonchev–Trinajstić information content (AvgIpc) is 2.78. The lowest BCUT2D eigenvalue weighted by molar-refractivity contribution is 0.0652. The Morgan fingerprint density at radius 3 is 2.65 bits per heavy atom. The van der Waals surface area contributed by atoms with E-state index in [0.29, 0.717) is 5.69 Å². The molecule has 5 heteroatoms. The van der Waals surface area contributed by atoms with Crippen LogP contribution >= 0.6 is 0 Å². The molecule has 0 amide bonds. The normalized spacial score (nSPS) is 10.2. The summed E-state index contributed by atoms with van der Waals surface area (Å²) in [4.78, 5) is 12.7. The van der Waals surface area contributed by atoms with Crippen molar-refractivity contribution in [2.75, 3.05) is 19.0 Å². The summed E-state index contributed by atoms with van der Waals surface area (Å²) in [6, 6.07) is 9.02. The van der Waals surface area contributed by atoms with Crippen LogP contribution in [0.15, 0.2) is 34.9 Å². The molecule has 0 aliphatic carbocycles. The van der Waals surface area contributed by atoms with Gasteiger partial charge in [-0.15, -0.1) is 0 Å². The van der Waals surface area contributed by atoms with E-state index in [1.54, 1.807) is 0 Å². The first-order valence-corrected chi connectivity index (χ1v) is 5.06. The molecule has 0 atom stereocenters. The van der Waals surface area contributed by atoms with Crippen molar-refractivity contribution in [3.63, 3.8) is 0 Å². The molecule has 1 N–H and O–H groups in total. The molecular weight excluding hydrogens is 220 g/mol. The molecule has 0 unspecified atom stereocenters. The number of hydrogen-bond donors (Lipinski definition) is 1. The highest BCUT2D eigenvalue weighted by atomic mass is 16.5. The van der Waals surface area contributed by atoms with Crippen LogP contribution in [0.1, 0.15) is 10.6 Å². The highest BCUT2D eigenvalue weighted by molar-refractivity contribution is 5.87. The van der Waals surface area contributed by atoms with E-state index >= 15 is 0 Å². The van der Waals surface area contributed by atoms with E-state index in [1.807, 2.05) is 43.3 Å². The summed E-state index contributed by atoms with van der Waals surface area (Å²) in [7, 11) is 3.83. The third-order valence-electron chi connectivity index (χ3n) is 2.38. The number of aromatic nitrogens is 1. The zero-order valence-electron chi connectivity index (χ0n) is 9.54.